The number of nitrogens with one attached hydrogen (secondary N) is 1. The molecular weight excluding hydrogens is 344 g/mol. The van der Waals surface area contributed by atoms with Crippen LogP contribution >= 0.6 is 11.3 Å². The molecule has 24 heavy (non-hydrogen) atoms. The van der Waals surface area contributed by atoms with Crippen LogP contribution in [0, 0.1) is 12.7 Å². The molecule has 1 aromatic carbocycles. The Kier molecular flexibility index (Phi) is 4.98. The van der Waals surface area contributed by atoms with Crippen molar-refractivity contribution >= 4 is 17.2 Å². The van der Waals surface area contributed by atoms with Gasteiger partial charge in [0.2, 0.25) is 0 Å². The van der Waals surface area contributed by atoms with Crippen molar-refractivity contribution in [2.45, 2.75) is 38.9 Å². The van der Waals surface area contributed by atoms with Gasteiger partial charge in [0.15, 0.2) is 0 Å². The monoisotopic (exact) mass is 360 g/mol. The first-order valence-electron chi connectivity index (χ1n) is 7.20. The van der Waals surface area contributed by atoms with Gasteiger partial charge in [0.1, 0.15) is 21.2 Å². The first-order valence-corrected chi connectivity index (χ1v) is 8.01. The van der Waals surface area contributed by atoms with Crippen LogP contribution in [0.1, 0.15) is 35.6 Å². The highest BCUT2D eigenvalue weighted by molar-refractivity contribution is 7.17. The van der Waals surface area contributed by atoms with E-state index in [0.717, 1.165) is 18.3 Å². The van der Waals surface area contributed by atoms with Gasteiger partial charge in [-0.1, -0.05) is 6.92 Å². The van der Waals surface area contributed by atoms with Crippen molar-refractivity contribution in [3.8, 4) is 10.6 Å². The minimum atomic E-state index is -4.56. The van der Waals surface area contributed by atoms with E-state index in [4.69, 9.17) is 0 Å². The highest BCUT2D eigenvalue weighted by Crippen LogP contribution is 2.34. The van der Waals surface area contributed by atoms with Gasteiger partial charge in [0.05, 0.1) is 5.69 Å². The summed E-state index contributed by atoms with van der Waals surface area (Å²) in [4.78, 5) is 16.6. The molecule has 0 unspecified atom stereocenters. The molecule has 2 aromatic rings. The first kappa shape index (κ1) is 18.4. The molecule has 1 aromatic heterocycles. The van der Waals surface area contributed by atoms with E-state index in [2.05, 4.69) is 10.3 Å². The number of amides is 1. The Hall–Kier alpha value is -1.96. The van der Waals surface area contributed by atoms with Crippen molar-refractivity contribution in [2.75, 3.05) is 0 Å². The summed E-state index contributed by atoms with van der Waals surface area (Å²) in [5.74, 6) is -1.23. The van der Waals surface area contributed by atoms with Crippen LogP contribution in [0.15, 0.2) is 24.3 Å². The summed E-state index contributed by atoms with van der Waals surface area (Å²) in [5.41, 5.74) is -1.38. The van der Waals surface area contributed by atoms with Crippen LogP contribution in [-0.4, -0.2) is 22.6 Å². The molecule has 3 nitrogen and oxygen atoms in total. The van der Waals surface area contributed by atoms with Crippen molar-refractivity contribution < 1.29 is 22.4 Å². The molecule has 0 aliphatic carbocycles. The molecule has 0 saturated heterocycles. The minimum absolute atomic E-state index is 0.109. The number of halogens is 4. The standard InChI is InChI=1S/C16H16F4N2OS/c1-4-15(3,16(18,19)20)22-13(23)12-9(2)21-14(24-12)10-5-7-11(17)8-6-10/h5-8H,4H2,1-3H3,(H,22,23)/t15-/m0/s1. The fourth-order valence-corrected chi connectivity index (χ4v) is 2.96. The van der Waals surface area contributed by atoms with Gasteiger partial charge >= 0.3 is 6.18 Å². The predicted octanol–water partition coefficient (Wildman–Crippen LogP) is 4.72. The zero-order valence-corrected chi connectivity index (χ0v) is 14.1. The number of aryl methyl sites for hydroxylation is 1. The van der Waals surface area contributed by atoms with Gasteiger partial charge in [0.25, 0.3) is 5.91 Å². The maximum absolute atomic E-state index is 13.1. The molecule has 0 bridgehead atoms. The lowest BCUT2D eigenvalue weighted by Gasteiger charge is -2.31. The number of rotatable bonds is 4. The van der Waals surface area contributed by atoms with E-state index >= 15 is 0 Å². The summed E-state index contributed by atoms with van der Waals surface area (Å²) in [6, 6.07) is 5.51. The summed E-state index contributed by atoms with van der Waals surface area (Å²) < 4.78 is 52.3. The van der Waals surface area contributed by atoms with Gasteiger partial charge < -0.3 is 5.32 Å². The topological polar surface area (TPSA) is 42.0 Å². The molecule has 0 fully saturated rings. The smallest absolute Gasteiger partial charge is 0.337 e. The Labute approximate surface area is 140 Å². The van der Waals surface area contributed by atoms with E-state index < -0.39 is 23.4 Å². The molecule has 0 saturated carbocycles. The van der Waals surface area contributed by atoms with Crippen LogP contribution in [-0.2, 0) is 0 Å². The second kappa shape index (κ2) is 6.51. The molecule has 0 aliphatic heterocycles. The lowest BCUT2D eigenvalue weighted by molar-refractivity contribution is -0.188. The molecular formula is C16H16F4N2OS. The average Bonchev–Trinajstić information content (AvgIpc) is 2.88. The zero-order chi connectivity index (χ0) is 18.1. The molecule has 8 heteroatoms. The Morgan fingerprint density at radius 2 is 1.83 bits per heavy atom. The van der Waals surface area contributed by atoms with Gasteiger partial charge in [-0.25, -0.2) is 9.37 Å². The quantitative estimate of drug-likeness (QED) is 0.802. The predicted molar refractivity (Wildman–Crippen MR) is 84.5 cm³/mol. The van der Waals surface area contributed by atoms with Crippen molar-refractivity contribution in [1.82, 2.24) is 10.3 Å². The number of carbonyl (C=O) groups excluding carboxylic acids is 1. The molecule has 0 radical (unpaired) electrons. The summed E-state index contributed by atoms with van der Waals surface area (Å²) in [6.45, 7) is 3.86. The van der Waals surface area contributed by atoms with Crippen molar-refractivity contribution in [3.05, 3.63) is 40.7 Å². The van der Waals surface area contributed by atoms with Crippen molar-refractivity contribution in [3.63, 3.8) is 0 Å². The third kappa shape index (κ3) is 3.58. The minimum Gasteiger partial charge on any atom is -0.337 e. The van der Waals surface area contributed by atoms with Gasteiger partial charge in [-0.3, -0.25) is 4.79 Å². The van der Waals surface area contributed by atoms with Gasteiger partial charge in [-0.05, 0) is 44.5 Å². The molecule has 0 aliphatic rings. The highest BCUT2D eigenvalue weighted by atomic mass is 32.1. The fraction of sp³-hybridized carbons (Fsp3) is 0.375. The lowest BCUT2D eigenvalue weighted by Crippen LogP contribution is -2.56. The Morgan fingerprint density at radius 3 is 2.33 bits per heavy atom. The largest absolute Gasteiger partial charge is 0.411 e. The van der Waals surface area contributed by atoms with Crippen LogP contribution in [0.5, 0.6) is 0 Å². The third-order valence-electron chi connectivity index (χ3n) is 3.82. The summed E-state index contributed by atoms with van der Waals surface area (Å²) in [5, 5.41) is 2.51. The highest BCUT2D eigenvalue weighted by Gasteiger charge is 2.51. The Bertz CT molecular complexity index is 740. The lowest BCUT2D eigenvalue weighted by atomic mass is 9.98. The normalized spacial score (nSPS) is 14.3. The summed E-state index contributed by atoms with van der Waals surface area (Å²) in [6.07, 6.45) is -4.85. The average molecular weight is 360 g/mol. The third-order valence-corrected chi connectivity index (χ3v) is 5.02. The van der Waals surface area contributed by atoms with Crippen molar-refractivity contribution in [1.29, 1.82) is 0 Å². The maximum atomic E-state index is 13.1. The molecule has 2 rings (SSSR count). The van der Waals surface area contributed by atoms with E-state index in [1.165, 1.54) is 31.2 Å². The molecule has 130 valence electrons. The number of alkyl halides is 3. The molecule has 1 N–H and O–H groups in total. The Morgan fingerprint density at radius 1 is 1.25 bits per heavy atom. The van der Waals surface area contributed by atoms with Crippen LogP contribution in [0.2, 0.25) is 0 Å². The number of benzene rings is 1. The van der Waals surface area contributed by atoms with Crippen LogP contribution in [0.3, 0.4) is 0 Å². The van der Waals surface area contributed by atoms with E-state index in [1.807, 2.05) is 0 Å². The number of carbonyl (C=O) groups is 1. The van der Waals surface area contributed by atoms with Crippen molar-refractivity contribution in [2.24, 2.45) is 0 Å². The van der Waals surface area contributed by atoms with E-state index in [9.17, 15) is 22.4 Å². The van der Waals surface area contributed by atoms with E-state index in [0.29, 0.717) is 16.3 Å². The van der Waals surface area contributed by atoms with Gasteiger partial charge in [-0.15, -0.1) is 11.3 Å². The number of aromatic nitrogens is 1. The molecule has 1 atom stereocenters. The summed E-state index contributed by atoms with van der Waals surface area (Å²) >= 11 is 0.975. The second-order valence-corrected chi connectivity index (χ2v) is 6.58. The van der Waals surface area contributed by atoms with E-state index in [1.54, 1.807) is 6.92 Å². The number of hydrogen-bond donors (Lipinski definition) is 1. The maximum Gasteiger partial charge on any atom is 0.411 e. The Balaban J connectivity index is 2.29. The number of nitrogens with zero attached hydrogens (tertiary/aromatic N) is 1. The van der Waals surface area contributed by atoms with E-state index in [-0.39, 0.29) is 11.3 Å². The summed E-state index contributed by atoms with van der Waals surface area (Å²) in [7, 11) is 0. The molecule has 1 heterocycles. The molecule has 1 amide bonds. The van der Waals surface area contributed by atoms with Crippen LogP contribution in [0.4, 0.5) is 17.6 Å². The van der Waals surface area contributed by atoms with Gasteiger partial charge in [0, 0.05) is 5.56 Å². The first-order chi connectivity index (χ1) is 11.1. The van der Waals surface area contributed by atoms with Gasteiger partial charge in [-0.2, -0.15) is 13.2 Å². The zero-order valence-electron chi connectivity index (χ0n) is 13.3. The SMILES string of the molecule is CC[C@](C)(NC(=O)c1sc(-c2ccc(F)cc2)nc1C)C(F)(F)F. The fourth-order valence-electron chi connectivity index (χ4n) is 1.99. The van der Waals surface area contributed by atoms with Crippen LogP contribution < -0.4 is 5.32 Å². The second-order valence-electron chi connectivity index (χ2n) is 5.58. The number of thiazole rings is 1. The molecule has 0 spiro atoms. The van der Waals surface area contributed by atoms with Crippen LogP contribution in [0.25, 0.3) is 10.6 Å². The number of hydrogen-bond acceptors (Lipinski definition) is 3.